The number of carbonyl (C=O) groups is 2. The molecule has 0 fully saturated rings. The topological polar surface area (TPSA) is 46.2 Å². The molecule has 0 atom stereocenters. The maximum atomic E-state index is 12.2. The minimum Gasteiger partial charge on any atom is -0.352 e. The molecule has 2 aromatic rings. The summed E-state index contributed by atoms with van der Waals surface area (Å²) in [7, 11) is 0. The molecule has 0 unspecified atom stereocenters. The number of nitrogens with one attached hydrogen (secondary N) is 1. The van der Waals surface area contributed by atoms with Gasteiger partial charge in [0.05, 0.1) is 0 Å². The van der Waals surface area contributed by atoms with Crippen LogP contribution in [-0.4, -0.2) is 18.2 Å². The van der Waals surface area contributed by atoms with Crippen LogP contribution in [-0.2, 0) is 0 Å². The number of rotatable bonds is 5. The molecule has 3 heteroatoms. The number of hydrogen-bond acceptors (Lipinski definition) is 2. The van der Waals surface area contributed by atoms with Crippen molar-refractivity contribution in [3.05, 3.63) is 71.3 Å². The summed E-state index contributed by atoms with van der Waals surface area (Å²) in [6.45, 7) is 11.2. The molecule has 0 spiro atoms. The monoisotopic (exact) mass is 371 g/mol. The molecule has 1 amide bonds. The largest absolute Gasteiger partial charge is 0.352 e. The molecule has 1 N–H and O–H groups in total. The minimum absolute atomic E-state index is 0. The van der Waals surface area contributed by atoms with E-state index in [0.29, 0.717) is 29.2 Å². The highest BCUT2D eigenvalue weighted by Gasteiger charge is 2.10. The van der Waals surface area contributed by atoms with Crippen molar-refractivity contribution >= 4 is 11.7 Å². The first-order valence-electron chi connectivity index (χ1n) is 8.79. The van der Waals surface area contributed by atoms with Crippen LogP contribution in [0, 0.1) is 11.8 Å². The average Bonchev–Trinajstić information content (AvgIpc) is 2.59. The van der Waals surface area contributed by atoms with E-state index in [0.717, 1.165) is 5.92 Å². The molecule has 0 radical (unpaired) electrons. The molecular formula is C24H37NO2. The van der Waals surface area contributed by atoms with E-state index in [-0.39, 0.29) is 26.5 Å². The highest BCUT2D eigenvalue weighted by molar-refractivity contribution is 6.09. The Morgan fingerprint density at radius 3 is 1.59 bits per heavy atom. The van der Waals surface area contributed by atoms with Crippen molar-refractivity contribution < 1.29 is 9.59 Å². The Hall–Kier alpha value is -2.42. The van der Waals surface area contributed by atoms with Gasteiger partial charge < -0.3 is 5.32 Å². The highest BCUT2D eigenvalue weighted by Crippen LogP contribution is 2.11. The molecule has 150 valence electrons. The van der Waals surface area contributed by atoms with E-state index in [1.54, 1.807) is 36.4 Å². The van der Waals surface area contributed by atoms with Crippen molar-refractivity contribution in [2.45, 2.75) is 49.5 Å². The van der Waals surface area contributed by atoms with Gasteiger partial charge in [-0.3, -0.25) is 9.59 Å². The van der Waals surface area contributed by atoms with Crippen molar-refractivity contribution in [3.63, 3.8) is 0 Å². The van der Waals surface area contributed by atoms with E-state index in [9.17, 15) is 9.59 Å². The summed E-state index contributed by atoms with van der Waals surface area (Å²) in [5.74, 6) is 1.10. The van der Waals surface area contributed by atoms with Crippen LogP contribution in [0.15, 0.2) is 54.6 Å². The van der Waals surface area contributed by atoms with Crippen molar-refractivity contribution in [2.24, 2.45) is 11.8 Å². The van der Waals surface area contributed by atoms with Crippen molar-refractivity contribution in [3.8, 4) is 0 Å². The fraction of sp³-hybridized carbons (Fsp3) is 0.417. The highest BCUT2D eigenvalue weighted by atomic mass is 16.1. The number of carbonyl (C=O) groups excluding carboxylic acids is 2. The fourth-order valence-corrected chi connectivity index (χ4v) is 1.93. The zero-order chi connectivity index (χ0) is 18.8. The molecule has 27 heavy (non-hydrogen) atoms. The third kappa shape index (κ3) is 10.3. The zero-order valence-corrected chi connectivity index (χ0v) is 15.9. The van der Waals surface area contributed by atoms with Crippen LogP contribution in [0.25, 0.3) is 0 Å². The lowest BCUT2D eigenvalue weighted by molar-refractivity contribution is 0.0947. The molecule has 0 aromatic heterocycles. The summed E-state index contributed by atoms with van der Waals surface area (Å²) < 4.78 is 0. The van der Waals surface area contributed by atoms with Crippen LogP contribution in [0.3, 0.4) is 0 Å². The van der Waals surface area contributed by atoms with E-state index in [1.165, 1.54) is 0 Å². The summed E-state index contributed by atoms with van der Waals surface area (Å²) in [4.78, 5) is 24.1. The molecule has 3 nitrogen and oxygen atoms in total. The smallest absolute Gasteiger partial charge is 0.251 e. The maximum absolute atomic E-state index is 12.2. The van der Waals surface area contributed by atoms with Crippen LogP contribution in [0.1, 0.15) is 75.8 Å². The third-order valence-electron chi connectivity index (χ3n) is 3.12. The van der Waals surface area contributed by atoms with Crippen molar-refractivity contribution in [1.29, 1.82) is 0 Å². The lowest BCUT2D eigenvalue weighted by atomic mass is 10.0. The molecule has 2 rings (SSSR count). The van der Waals surface area contributed by atoms with Gasteiger partial charge in [-0.1, -0.05) is 91.9 Å². The van der Waals surface area contributed by atoms with Gasteiger partial charge in [0.25, 0.3) is 5.91 Å². The Labute approximate surface area is 166 Å². The van der Waals surface area contributed by atoms with E-state index in [2.05, 4.69) is 26.1 Å². The van der Waals surface area contributed by atoms with Crippen molar-refractivity contribution in [2.75, 3.05) is 6.54 Å². The van der Waals surface area contributed by atoms with Gasteiger partial charge in [0.15, 0.2) is 5.78 Å². The summed E-state index contributed by atoms with van der Waals surface area (Å²) in [6, 6.07) is 15.9. The second-order valence-electron chi connectivity index (χ2n) is 7.11. The third-order valence-corrected chi connectivity index (χ3v) is 3.12. The number of ketones is 1. The first kappa shape index (κ1) is 26.8. The molecular weight excluding hydrogens is 334 g/mol. The van der Waals surface area contributed by atoms with Gasteiger partial charge in [-0.15, -0.1) is 0 Å². The Bertz CT molecular complexity index is 656. The SMILES string of the molecule is C.C.CC(C)C.CC(C)CNC(=O)c1ccc(C(=O)c2ccccc2)cc1. The first-order valence-corrected chi connectivity index (χ1v) is 8.79. The van der Waals surface area contributed by atoms with Crippen LogP contribution in [0.5, 0.6) is 0 Å². The van der Waals surface area contributed by atoms with E-state index >= 15 is 0 Å². The average molecular weight is 372 g/mol. The summed E-state index contributed by atoms with van der Waals surface area (Å²) in [6.07, 6.45) is 0. The summed E-state index contributed by atoms with van der Waals surface area (Å²) in [5.41, 5.74) is 1.80. The lowest BCUT2D eigenvalue weighted by Gasteiger charge is -2.08. The predicted octanol–water partition coefficient (Wildman–Crippen LogP) is 6.24. The summed E-state index contributed by atoms with van der Waals surface area (Å²) >= 11 is 0. The Kier molecular flexibility index (Phi) is 13.6. The molecule has 0 bridgehead atoms. The fourth-order valence-electron chi connectivity index (χ4n) is 1.93. The molecule has 0 saturated carbocycles. The van der Waals surface area contributed by atoms with Crippen LogP contribution < -0.4 is 5.32 Å². The minimum atomic E-state index is -0.109. The Morgan fingerprint density at radius 2 is 1.15 bits per heavy atom. The summed E-state index contributed by atoms with van der Waals surface area (Å²) in [5, 5.41) is 2.85. The van der Waals surface area contributed by atoms with Gasteiger partial charge in [0.2, 0.25) is 0 Å². The number of benzene rings is 2. The maximum Gasteiger partial charge on any atom is 0.251 e. The van der Waals surface area contributed by atoms with Crippen LogP contribution in [0.2, 0.25) is 0 Å². The van der Waals surface area contributed by atoms with E-state index in [4.69, 9.17) is 0 Å². The van der Waals surface area contributed by atoms with Crippen LogP contribution >= 0.6 is 0 Å². The van der Waals surface area contributed by atoms with E-state index < -0.39 is 0 Å². The molecule has 0 aliphatic carbocycles. The standard InChI is InChI=1S/C18H19NO2.C4H10.2CH4/c1-13(2)12-19-18(21)16-10-8-15(9-11-16)17(20)14-6-4-3-5-7-14;1-4(2)3;;/h3-11,13H,12H2,1-2H3,(H,19,21);4H,1-3H3;2*1H4. The zero-order valence-electron chi connectivity index (χ0n) is 15.9. The second-order valence-corrected chi connectivity index (χ2v) is 7.11. The molecule has 0 aliphatic rings. The molecule has 0 saturated heterocycles. The second kappa shape index (κ2) is 13.7. The van der Waals surface area contributed by atoms with Gasteiger partial charge >= 0.3 is 0 Å². The van der Waals surface area contributed by atoms with Crippen molar-refractivity contribution in [1.82, 2.24) is 5.32 Å². The number of amides is 1. The van der Waals surface area contributed by atoms with E-state index in [1.807, 2.05) is 32.0 Å². The number of hydrogen-bond donors (Lipinski definition) is 1. The van der Waals surface area contributed by atoms with Gasteiger partial charge in [-0.2, -0.15) is 0 Å². The molecule has 0 heterocycles. The lowest BCUT2D eigenvalue weighted by Crippen LogP contribution is -2.27. The van der Waals surface area contributed by atoms with Gasteiger partial charge in [0.1, 0.15) is 0 Å². The molecule has 0 aliphatic heterocycles. The molecule has 2 aromatic carbocycles. The normalized spacial score (nSPS) is 9.44. The Morgan fingerprint density at radius 1 is 0.741 bits per heavy atom. The quantitative estimate of drug-likeness (QED) is 0.632. The Balaban J connectivity index is 0. The van der Waals surface area contributed by atoms with Gasteiger partial charge in [0, 0.05) is 23.2 Å². The van der Waals surface area contributed by atoms with Crippen LogP contribution in [0.4, 0.5) is 0 Å². The first-order chi connectivity index (χ1) is 11.8. The van der Waals surface area contributed by atoms with Gasteiger partial charge in [-0.05, 0) is 24.0 Å². The predicted molar refractivity (Wildman–Crippen MR) is 117 cm³/mol. The van der Waals surface area contributed by atoms with Gasteiger partial charge in [-0.25, -0.2) is 0 Å².